The van der Waals surface area contributed by atoms with Crippen molar-refractivity contribution in [3.63, 3.8) is 0 Å². The van der Waals surface area contributed by atoms with E-state index in [1.807, 2.05) is 0 Å². The van der Waals surface area contributed by atoms with Crippen LogP contribution in [0.4, 0.5) is 5.13 Å². The summed E-state index contributed by atoms with van der Waals surface area (Å²) in [6.45, 7) is 2.29. The van der Waals surface area contributed by atoms with Gasteiger partial charge >= 0.3 is 8.25 Å². The summed E-state index contributed by atoms with van der Waals surface area (Å²) in [6, 6.07) is 0. The fraction of sp³-hybridized carbons (Fsp3) is 0.500. The lowest BCUT2D eigenvalue weighted by atomic mass is 10.5. The number of anilines is 1. The molecule has 72 valence electrons. The van der Waals surface area contributed by atoms with E-state index in [1.165, 1.54) is 11.3 Å². The van der Waals surface area contributed by atoms with Gasteiger partial charge in [-0.15, -0.1) is 20.4 Å². The number of hydrogen-bond donors (Lipinski definition) is 1. The molecule has 2 N–H and O–H groups in total. The van der Waals surface area contributed by atoms with Gasteiger partial charge in [-0.25, -0.2) is 4.98 Å². The van der Waals surface area contributed by atoms with E-state index in [0.717, 1.165) is 0 Å². The monoisotopic (exact) mass is 221 g/mol. The Morgan fingerprint density at radius 1 is 1.69 bits per heavy atom. The van der Waals surface area contributed by atoms with Crippen LogP contribution in [0.25, 0.3) is 0 Å². The first-order valence-corrected chi connectivity index (χ1v) is 5.63. The van der Waals surface area contributed by atoms with Crippen LogP contribution in [0.1, 0.15) is 12.6 Å². The third-order valence-corrected chi connectivity index (χ3v) is 2.65. The number of aromatic nitrogens is 1. The highest BCUT2D eigenvalue weighted by Crippen LogP contribution is 2.25. The zero-order chi connectivity index (χ0) is 9.68. The van der Waals surface area contributed by atoms with E-state index in [-0.39, 0.29) is 6.61 Å². The van der Waals surface area contributed by atoms with Crippen LogP contribution in [-0.4, -0.2) is 11.6 Å². The summed E-state index contributed by atoms with van der Waals surface area (Å²) >= 11 is 1.32. The highest BCUT2D eigenvalue weighted by Gasteiger charge is 2.19. The lowest BCUT2D eigenvalue weighted by molar-refractivity contribution is 0.225. The van der Waals surface area contributed by atoms with Crippen LogP contribution in [0.15, 0.2) is 5.38 Å². The zero-order valence-electron chi connectivity index (χ0n) is 7.10. The zero-order valence-corrected chi connectivity index (χ0v) is 8.81. The molecule has 0 aromatic carbocycles. The summed E-state index contributed by atoms with van der Waals surface area (Å²) in [4.78, 5) is 3.93. The van der Waals surface area contributed by atoms with Crippen molar-refractivity contribution in [1.29, 1.82) is 0 Å². The summed E-state index contributed by atoms with van der Waals surface area (Å²) < 4.78 is 20.4. The molecular formula is C6H10N2O3PS+. The molecule has 0 bridgehead atoms. The van der Waals surface area contributed by atoms with Crippen molar-refractivity contribution >= 4 is 24.7 Å². The van der Waals surface area contributed by atoms with Gasteiger partial charge in [0.15, 0.2) is 5.13 Å². The quantitative estimate of drug-likeness (QED) is 0.769. The highest BCUT2D eigenvalue weighted by molar-refractivity contribution is 7.33. The Bertz CT molecular complexity index is 291. The van der Waals surface area contributed by atoms with Crippen LogP contribution in [0, 0.1) is 0 Å². The molecule has 13 heavy (non-hydrogen) atoms. The van der Waals surface area contributed by atoms with Crippen molar-refractivity contribution in [3.05, 3.63) is 11.1 Å². The third kappa shape index (κ3) is 3.78. The van der Waals surface area contributed by atoms with Crippen LogP contribution in [-0.2, 0) is 20.2 Å². The van der Waals surface area contributed by atoms with Crippen molar-refractivity contribution in [1.82, 2.24) is 4.98 Å². The Balaban J connectivity index is 2.30. The topological polar surface area (TPSA) is 74.4 Å². The van der Waals surface area contributed by atoms with Gasteiger partial charge in [0.25, 0.3) is 0 Å². The van der Waals surface area contributed by atoms with E-state index in [0.29, 0.717) is 17.4 Å². The first kappa shape index (κ1) is 10.5. The molecule has 0 radical (unpaired) electrons. The molecule has 1 heterocycles. The van der Waals surface area contributed by atoms with E-state index in [1.54, 1.807) is 12.3 Å². The van der Waals surface area contributed by atoms with Gasteiger partial charge in [-0.3, -0.25) is 0 Å². The number of rotatable bonds is 5. The fourth-order valence-electron chi connectivity index (χ4n) is 0.650. The predicted molar refractivity (Wildman–Crippen MR) is 50.5 cm³/mol. The fourth-order valence-corrected chi connectivity index (χ4v) is 1.72. The third-order valence-electron chi connectivity index (χ3n) is 1.12. The summed E-state index contributed by atoms with van der Waals surface area (Å²) in [5.41, 5.74) is 6.06. The Labute approximate surface area is 80.8 Å². The van der Waals surface area contributed by atoms with Crippen LogP contribution < -0.4 is 5.73 Å². The van der Waals surface area contributed by atoms with Gasteiger partial charge in [0.1, 0.15) is 13.2 Å². The van der Waals surface area contributed by atoms with E-state index >= 15 is 0 Å². The minimum atomic E-state index is -2.02. The Morgan fingerprint density at radius 3 is 3.00 bits per heavy atom. The molecule has 0 amide bonds. The van der Waals surface area contributed by atoms with E-state index in [2.05, 4.69) is 4.98 Å². The first-order chi connectivity index (χ1) is 6.22. The van der Waals surface area contributed by atoms with E-state index in [4.69, 9.17) is 14.8 Å². The summed E-state index contributed by atoms with van der Waals surface area (Å²) in [6.07, 6.45) is 0. The summed E-state index contributed by atoms with van der Waals surface area (Å²) in [5, 5.41) is 2.23. The molecule has 0 saturated carbocycles. The number of thiazole rings is 1. The standard InChI is InChI=1S/C6H10N2O3PS/c1-2-10-12(9)11-3-5-4-13-6(7)8-5/h4H,2-3H2,1H3,(H2,7,8)/q+1. The van der Waals surface area contributed by atoms with Gasteiger partial charge in [0.2, 0.25) is 0 Å². The molecule has 1 atom stereocenters. The highest BCUT2D eigenvalue weighted by atomic mass is 32.1. The van der Waals surface area contributed by atoms with Crippen LogP contribution >= 0.6 is 19.6 Å². The lowest BCUT2D eigenvalue weighted by Gasteiger charge is -1.86. The summed E-state index contributed by atoms with van der Waals surface area (Å²) in [7, 11) is -2.02. The second-order valence-corrected chi connectivity index (χ2v) is 3.95. The molecule has 5 nitrogen and oxygen atoms in total. The van der Waals surface area contributed by atoms with E-state index in [9.17, 15) is 4.57 Å². The van der Waals surface area contributed by atoms with Gasteiger partial charge in [0, 0.05) is 9.95 Å². The molecule has 0 spiro atoms. The van der Waals surface area contributed by atoms with Crippen LogP contribution in [0.5, 0.6) is 0 Å². The maximum Gasteiger partial charge on any atom is 0.697 e. The number of nitrogens with two attached hydrogens (primary N) is 1. The number of nitrogens with zero attached hydrogens (tertiary/aromatic N) is 1. The number of hydrogen-bond acceptors (Lipinski definition) is 6. The molecule has 0 aliphatic carbocycles. The SMILES string of the molecule is CCO[P+](=O)OCc1csc(N)n1. The Morgan fingerprint density at radius 2 is 2.46 bits per heavy atom. The molecule has 0 fully saturated rings. The molecule has 1 aromatic rings. The maximum atomic E-state index is 10.9. The molecule has 1 unspecified atom stereocenters. The smallest absolute Gasteiger partial charge is 0.375 e. The Kier molecular flexibility index (Phi) is 4.24. The molecule has 0 saturated heterocycles. The normalized spacial score (nSPS) is 11.6. The van der Waals surface area contributed by atoms with Crippen LogP contribution in [0.2, 0.25) is 0 Å². The maximum absolute atomic E-state index is 10.9. The van der Waals surface area contributed by atoms with Crippen molar-refractivity contribution in [2.45, 2.75) is 13.5 Å². The minimum Gasteiger partial charge on any atom is -0.375 e. The van der Waals surface area contributed by atoms with Gasteiger partial charge in [-0.05, 0) is 6.92 Å². The number of nitrogen functional groups attached to an aromatic ring is 1. The first-order valence-electron chi connectivity index (χ1n) is 3.65. The molecule has 0 aliphatic rings. The predicted octanol–water partition coefficient (Wildman–Crippen LogP) is 1.94. The molecular weight excluding hydrogens is 211 g/mol. The second kappa shape index (κ2) is 5.24. The largest absolute Gasteiger partial charge is 0.697 e. The Hall–Kier alpha value is -0.550. The molecule has 1 aromatic heterocycles. The van der Waals surface area contributed by atoms with Gasteiger partial charge < -0.3 is 5.73 Å². The molecule has 1 rings (SSSR count). The van der Waals surface area contributed by atoms with Crippen molar-refractivity contribution in [3.8, 4) is 0 Å². The van der Waals surface area contributed by atoms with Gasteiger partial charge in [-0.2, -0.15) is 0 Å². The second-order valence-electron chi connectivity index (χ2n) is 2.09. The van der Waals surface area contributed by atoms with Crippen molar-refractivity contribution < 1.29 is 13.6 Å². The average Bonchev–Trinajstić information content (AvgIpc) is 2.49. The molecule has 0 aliphatic heterocycles. The average molecular weight is 221 g/mol. The van der Waals surface area contributed by atoms with Crippen molar-refractivity contribution in [2.75, 3.05) is 12.3 Å². The minimum absolute atomic E-state index is 0.170. The van der Waals surface area contributed by atoms with Crippen molar-refractivity contribution in [2.24, 2.45) is 0 Å². The van der Waals surface area contributed by atoms with Gasteiger partial charge in [0.05, 0.1) is 5.69 Å². The summed E-state index contributed by atoms with van der Waals surface area (Å²) in [5.74, 6) is 0. The van der Waals surface area contributed by atoms with Gasteiger partial charge in [-0.1, -0.05) is 0 Å². The van der Waals surface area contributed by atoms with E-state index < -0.39 is 8.25 Å². The van der Waals surface area contributed by atoms with Crippen LogP contribution in [0.3, 0.4) is 0 Å². The lowest BCUT2D eigenvalue weighted by Crippen LogP contribution is -1.89. The molecule has 7 heteroatoms.